The first-order valence-electron chi connectivity index (χ1n) is 12.0. The van der Waals surface area contributed by atoms with Crippen LogP contribution in [0.2, 0.25) is 5.02 Å². The van der Waals surface area contributed by atoms with Crippen LogP contribution in [0, 0.1) is 6.92 Å². The quantitative estimate of drug-likeness (QED) is 0.584. The van der Waals surface area contributed by atoms with Crippen molar-refractivity contribution < 1.29 is 24.0 Å². The molecule has 5 rings (SSSR count). The number of anilines is 1. The molecule has 0 aromatic heterocycles. The minimum atomic E-state index is -1.01. The standard InChI is InChI=1S/C27H25ClN4O5/c1-15-2-3-16(10-20(15)28)11-24(34)31-9-8-17-4-5-19(12-18(17)14-31)29-21-13-25(35)32(27(21)37)22-6-7-23(33)30-26(22)36/h2-5,10,12-13,22,29H,6-9,11,14H2,1H3,(H,30,33,36). The van der Waals surface area contributed by atoms with E-state index in [4.69, 9.17) is 11.6 Å². The third kappa shape index (κ3) is 4.99. The number of hydrogen-bond acceptors (Lipinski definition) is 6. The van der Waals surface area contributed by atoms with Gasteiger partial charge in [0.15, 0.2) is 0 Å². The summed E-state index contributed by atoms with van der Waals surface area (Å²) in [4.78, 5) is 64.7. The van der Waals surface area contributed by atoms with Gasteiger partial charge in [0.05, 0.1) is 6.42 Å². The van der Waals surface area contributed by atoms with E-state index < -0.39 is 29.7 Å². The Hall–Kier alpha value is -3.98. The number of carbonyl (C=O) groups excluding carboxylic acids is 5. The molecule has 37 heavy (non-hydrogen) atoms. The SMILES string of the molecule is Cc1ccc(CC(=O)N2CCc3ccc(NC4=CC(=O)N(C5CCC(=O)NC5=O)C4=O)cc3C2)cc1Cl. The third-order valence-electron chi connectivity index (χ3n) is 6.92. The van der Waals surface area contributed by atoms with Crippen LogP contribution < -0.4 is 10.6 Å². The van der Waals surface area contributed by atoms with Gasteiger partial charge in [-0.1, -0.05) is 29.8 Å². The lowest BCUT2D eigenvalue weighted by Crippen LogP contribution is -2.54. The molecule has 0 spiro atoms. The number of carbonyl (C=O) groups is 5. The largest absolute Gasteiger partial charge is 0.351 e. The zero-order valence-electron chi connectivity index (χ0n) is 20.2. The van der Waals surface area contributed by atoms with Gasteiger partial charge in [-0.15, -0.1) is 0 Å². The Labute approximate surface area is 218 Å². The van der Waals surface area contributed by atoms with Crippen LogP contribution in [0.25, 0.3) is 0 Å². The van der Waals surface area contributed by atoms with Gasteiger partial charge < -0.3 is 10.2 Å². The van der Waals surface area contributed by atoms with E-state index >= 15 is 0 Å². The minimum Gasteiger partial charge on any atom is -0.351 e. The molecule has 0 saturated carbocycles. The van der Waals surface area contributed by atoms with Crippen molar-refractivity contribution in [3.63, 3.8) is 0 Å². The second-order valence-corrected chi connectivity index (χ2v) is 9.88. The lowest BCUT2D eigenvalue weighted by molar-refractivity contribution is -0.149. The number of rotatable bonds is 5. The lowest BCUT2D eigenvalue weighted by atomic mass is 9.98. The molecule has 3 heterocycles. The summed E-state index contributed by atoms with van der Waals surface area (Å²) in [5.74, 6) is -2.29. The number of halogens is 1. The molecule has 1 saturated heterocycles. The van der Waals surface area contributed by atoms with Crippen LogP contribution in [-0.4, -0.2) is 51.9 Å². The zero-order chi connectivity index (χ0) is 26.3. The summed E-state index contributed by atoms with van der Waals surface area (Å²) in [6.07, 6.45) is 2.29. The Bertz CT molecular complexity index is 1380. The maximum absolute atomic E-state index is 13.0. The third-order valence-corrected chi connectivity index (χ3v) is 7.33. The molecular weight excluding hydrogens is 496 g/mol. The molecular formula is C27H25ClN4O5. The predicted octanol–water partition coefficient (Wildman–Crippen LogP) is 2.25. The number of aryl methyl sites for hydroxylation is 1. The highest BCUT2D eigenvalue weighted by atomic mass is 35.5. The van der Waals surface area contributed by atoms with Crippen molar-refractivity contribution in [3.8, 4) is 0 Å². The number of amides is 5. The Morgan fingerprint density at radius 1 is 1.08 bits per heavy atom. The van der Waals surface area contributed by atoms with E-state index in [1.807, 2.05) is 43.3 Å². The van der Waals surface area contributed by atoms with Crippen molar-refractivity contribution in [2.24, 2.45) is 0 Å². The van der Waals surface area contributed by atoms with Crippen LogP contribution in [0.1, 0.15) is 35.1 Å². The monoisotopic (exact) mass is 520 g/mol. The molecule has 0 aliphatic carbocycles. The molecule has 0 radical (unpaired) electrons. The fourth-order valence-electron chi connectivity index (χ4n) is 4.83. The fraction of sp³-hybridized carbons (Fsp3) is 0.296. The van der Waals surface area contributed by atoms with Crippen LogP contribution in [0.5, 0.6) is 0 Å². The average Bonchev–Trinajstić information content (AvgIpc) is 3.13. The number of nitrogens with zero attached hydrogens (tertiary/aromatic N) is 2. The molecule has 10 heteroatoms. The summed E-state index contributed by atoms with van der Waals surface area (Å²) in [6.45, 7) is 2.95. The molecule has 2 aromatic rings. The van der Waals surface area contributed by atoms with Gasteiger partial charge in [0.2, 0.25) is 17.7 Å². The number of nitrogens with one attached hydrogen (secondary N) is 2. The van der Waals surface area contributed by atoms with Gasteiger partial charge >= 0.3 is 0 Å². The van der Waals surface area contributed by atoms with Crippen LogP contribution in [-0.2, 0) is 43.4 Å². The molecule has 3 aliphatic rings. The van der Waals surface area contributed by atoms with Gasteiger partial charge in [0.1, 0.15) is 11.7 Å². The maximum atomic E-state index is 13.0. The Balaban J connectivity index is 1.26. The van der Waals surface area contributed by atoms with Crippen molar-refractivity contribution in [2.45, 2.75) is 45.2 Å². The number of benzene rings is 2. The molecule has 9 nitrogen and oxygen atoms in total. The number of fused-ring (bicyclic) bond motifs is 1. The van der Waals surface area contributed by atoms with Gasteiger partial charge in [-0.2, -0.15) is 0 Å². The average molecular weight is 521 g/mol. The second kappa shape index (κ2) is 9.82. The molecule has 2 aromatic carbocycles. The number of piperidine rings is 1. The highest BCUT2D eigenvalue weighted by Gasteiger charge is 2.42. The predicted molar refractivity (Wildman–Crippen MR) is 135 cm³/mol. The molecule has 2 N–H and O–H groups in total. The summed E-state index contributed by atoms with van der Waals surface area (Å²) >= 11 is 6.20. The normalized spacial score (nSPS) is 19.5. The second-order valence-electron chi connectivity index (χ2n) is 9.47. The van der Waals surface area contributed by atoms with E-state index in [2.05, 4.69) is 10.6 Å². The van der Waals surface area contributed by atoms with Crippen LogP contribution in [0.3, 0.4) is 0 Å². The molecule has 5 amide bonds. The Kier molecular flexibility index (Phi) is 6.55. The molecule has 3 aliphatic heterocycles. The topological polar surface area (TPSA) is 116 Å². The fourth-order valence-corrected chi connectivity index (χ4v) is 5.04. The van der Waals surface area contributed by atoms with Crippen molar-refractivity contribution >= 4 is 46.8 Å². The first-order valence-corrected chi connectivity index (χ1v) is 12.4. The van der Waals surface area contributed by atoms with Gasteiger partial charge in [-0.25, -0.2) is 0 Å². The van der Waals surface area contributed by atoms with Crippen LogP contribution >= 0.6 is 11.6 Å². The van der Waals surface area contributed by atoms with Crippen LogP contribution in [0.15, 0.2) is 48.2 Å². The van der Waals surface area contributed by atoms with Crippen molar-refractivity contribution in [2.75, 3.05) is 11.9 Å². The van der Waals surface area contributed by atoms with Gasteiger partial charge in [-0.3, -0.25) is 34.2 Å². The summed E-state index contributed by atoms with van der Waals surface area (Å²) in [5.41, 5.74) is 4.53. The van der Waals surface area contributed by atoms with Gasteiger partial charge in [-0.05, 0) is 60.2 Å². The van der Waals surface area contributed by atoms with E-state index in [0.717, 1.165) is 33.2 Å². The van der Waals surface area contributed by atoms with Gasteiger partial charge in [0, 0.05) is 36.3 Å². The zero-order valence-corrected chi connectivity index (χ0v) is 20.9. The maximum Gasteiger partial charge on any atom is 0.278 e. The Morgan fingerprint density at radius 3 is 2.65 bits per heavy atom. The van der Waals surface area contributed by atoms with E-state index in [9.17, 15) is 24.0 Å². The lowest BCUT2D eigenvalue weighted by Gasteiger charge is -2.30. The number of hydrogen-bond donors (Lipinski definition) is 2. The minimum absolute atomic E-state index is 0.00286. The van der Waals surface area contributed by atoms with E-state index in [0.29, 0.717) is 30.2 Å². The van der Waals surface area contributed by atoms with E-state index in [1.165, 1.54) is 0 Å². The first kappa shape index (κ1) is 24.7. The van der Waals surface area contributed by atoms with Crippen LogP contribution in [0.4, 0.5) is 5.69 Å². The highest BCUT2D eigenvalue weighted by Crippen LogP contribution is 2.27. The van der Waals surface area contributed by atoms with Gasteiger partial charge in [0.25, 0.3) is 11.8 Å². The van der Waals surface area contributed by atoms with Crippen molar-refractivity contribution in [3.05, 3.63) is 75.4 Å². The van der Waals surface area contributed by atoms with Crippen molar-refractivity contribution in [1.82, 2.24) is 15.1 Å². The summed E-state index contributed by atoms with van der Waals surface area (Å²) in [5, 5.41) is 5.80. The molecule has 1 unspecified atom stereocenters. The number of imide groups is 2. The Morgan fingerprint density at radius 2 is 1.89 bits per heavy atom. The summed E-state index contributed by atoms with van der Waals surface area (Å²) < 4.78 is 0. The molecule has 1 atom stereocenters. The van der Waals surface area contributed by atoms with Crippen molar-refractivity contribution in [1.29, 1.82) is 0 Å². The highest BCUT2D eigenvalue weighted by molar-refractivity contribution is 6.31. The van der Waals surface area contributed by atoms with E-state index in [-0.39, 0.29) is 30.9 Å². The smallest absolute Gasteiger partial charge is 0.278 e. The summed E-state index contributed by atoms with van der Waals surface area (Å²) in [6, 6.07) is 10.2. The first-order chi connectivity index (χ1) is 17.7. The molecule has 190 valence electrons. The molecule has 0 bridgehead atoms. The molecule has 1 fully saturated rings. The van der Waals surface area contributed by atoms with E-state index in [1.54, 1.807) is 4.90 Å². The summed E-state index contributed by atoms with van der Waals surface area (Å²) in [7, 11) is 0.